The van der Waals surface area contributed by atoms with Gasteiger partial charge in [0.25, 0.3) is 0 Å². The highest BCUT2D eigenvalue weighted by molar-refractivity contribution is 14.1. The van der Waals surface area contributed by atoms with Gasteiger partial charge in [-0.3, -0.25) is 0 Å². The molecule has 2 nitrogen and oxygen atoms in total. The molecule has 4 N–H and O–H groups in total. The summed E-state index contributed by atoms with van der Waals surface area (Å²) < 4.78 is 2.28. The van der Waals surface area contributed by atoms with Crippen LogP contribution in [-0.2, 0) is 0 Å². The molecule has 0 fully saturated rings. The Morgan fingerprint density at radius 3 is 1.61 bits per heavy atom. The average Bonchev–Trinajstić information content (AvgIpc) is 2.31. The fourth-order valence-corrected chi connectivity index (χ4v) is 3.36. The number of hydrogen-bond donors (Lipinski definition) is 2. The van der Waals surface area contributed by atoms with E-state index < -0.39 is 0 Å². The molecule has 4 heteroatoms. The first-order chi connectivity index (χ1) is 8.40. The van der Waals surface area contributed by atoms with Crippen molar-refractivity contribution in [3.8, 4) is 0 Å². The Hall–Kier alpha value is -0.500. The number of benzene rings is 2. The van der Waals surface area contributed by atoms with Gasteiger partial charge in [0, 0.05) is 12.8 Å². The molecule has 2 rings (SSSR count). The first-order valence-electron chi connectivity index (χ1n) is 5.43. The summed E-state index contributed by atoms with van der Waals surface area (Å²) in [7, 11) is 0. The Morgan fingerprint density at radius 1 is 0.778 bits per heavy atom. The summed E-state index contributed by atoms with van der Waals surface area (Å²) in [5.74, 6) is 0. The summed E-state index contributed by atoms with van der Waals surface area (Å²) in [5.41, 5.74) is 15.4. The average molecular weight is 466 g/mol. The van der Waals surface area contributed by atoms with Crippen LogP contribution >= 0.6 is 45.2 Å². The highest BCUT2D eigenvalue weighted by atomic mass is 127. The molecule has 2 aromatic rings. The van der Waals surface area contributed by atoms with Gasteiger partial charge in [0.1, 0.15) is 0 Å². The third kappa shape index (κ3) is 5.01. The van der Waals surface area contributed by atoms with Crippen molar-refractivity contribution in [3.05, 3.63) is 54.7 Å². The maximum atomic E-state index is 5.74. The van der Waals surface area contributed by atoms with E-state index in [2.05, 4.69) is 64.2 Å². The summed E-state index contributed by atoms with van der Waals surface area (Å²) >= 11 is 4.49. The van der Waals surface area contributed by atoms with E-state index in [0.29, 0.717) is 0 Å². The number of nitrogens with two attached hydrogens (primary N) is 2. The standard InChI is InChI=1S/C7H7I2N.C7H9N/c1-4-2-5(8)7(10)6(9)3-4;1-6-2-4-7(8)5-3-6/h2-3H,10H2,1H3;2-5H,8H2,1H3. The van der Waals surface area contributed by atoms with Crippen LogP contribution in [0.4, 0.5) is 11.4 Å². The van der Waals surface area contributed by atoms with Crippen LogP contribution < -0.4 is 11.5 Å². The van der Waals surface area contributed by atoms with E-state index in [1.54, 1.807) is 0 Å². The Labute approximate surface area is 135 Å². The van der Waals surface area contributed by atoms with Crippen LogP contribution in [0.5, 0.6) is 0 Å². The van der Waals surface area contributed by atoms with Crippen molar-refractivity contribution in [1.29, 1.82) is 0 Å². The molecule has 0 unspecified atom stereocenters. The molecule has 96 valence electrons. The van der Waals surface area contributed by atoms with Gasteiger partial charge in [0.05, 0.1) is 5.69 Å². The van der Waals surface area contributed by atoms with Gasteiger partial charge < -0.3 is 11.5 Å². The second-order valence-corrected chi connectivity index (χ2v) is 6.38. The van der Waals surface area contributed by atoms with E-state index in [1.165, 1.54) is 11.1 Å². The molecule has 0 saturated carbocycles. The molecule has 18 heavy (non-hydrogen) atoms. The van der Waals surface area contributed by atoms with Gasteiger partial charge in [-0.25, -0.2) is 0 Å². The van der Waals surface area contributed by atoms with Crippen molar-refractivity contribution >= 4 is 56.6 Å². The summed E-state index contributed by atoms with van der Waals surface area (Å²) in [6.45, 7) is 4.11. The molecule has 0 atom stereocenters. The van der Waals surface area contributed by atoms with Crippen LogP contribution in [0.3, 0.4) is 0 Å². The van der Waals surface area contributed by atoms with Crippen molar-refractivity contribution in [3.63, 3.8) is 0 Å². The van der Waals surface area contributed by atoms with Gasteiger partial charge in [0.2, 0.25) is 0 Å². The van der Waals surface area contributed by atoms with Crippen molar-refractivity contribution in [2.75, 3.05) is 11.5 Å². The van der Waals surface area contributed by atoms with E-state index in [4.69, 9.17) is 11.5 Å². The minimum Gasteiger partial charge on any atom is -0.399 e. The summed E-state index contributed by atoms with van der Waals surface area (Å²) in [5, 5.41) is 0. The largest absolute Gasteiger partial charge is 0.399 e. The molecule has 0 aromatic heterocycles. The van der Waals surface area contributed by atoms with Crippen molar-refractivity contribution in [2.45, 2.75) is 13.8 Å². The van der Waals surface area contributed by atoms with Crippen LogP contribution in [0.1, 0.15) is 11.1 Å². The van der Waals surface area contributed by atoms with Crippen LogP contribution in [0.2, 0.25) is 0 Å². The topological polar surface area (TPSA) is 52.0 Å². The van der Waals surface area contributed by atoms with E-state index >= 15 is 0 Å². The molecule has 0 bridgehead atoms. The quantitative estimate of drug-likeness (QED) is 0.448. The Balaban J connectivity index is 0.000000184. The minimum atomic E-state index is 0.829. The number of rotatable bonds is 0. The third-order valence-corrected chi connectivity index (χ3v) is 4.09. The molecule has 0 spiro atoms. The molecular formula is C14H16I2N2. The normalized spacial score (nSPS) is 9.56. The van der Waals surface area contributed by atoms with Gasteiger partial charge >= 0.3 is 0 Å². The molecule has 2 aromatic carbocycles. The monoisotopic (exact) mass is 466 g/mol. The number of nitrogen functional groups attached to an aromatic ring is 2. The predicted octanol–water partition coefficient (Wildman–Crippen LogP) is 4.36. The lowest BCUT2D eigenvalue weighted by Crippen LogP contribution is -1.93. The van der Waals surface area contributed by atoms with Crippen molar-refractivity contribution in [1.82, 2.24) is 0 Å². The van der Waals surface area contributed by atoms with Crippen molar-refractivity contribution < 1.29 is 0 Å². The molecular weight excluding hydrogens is 450 g/mol. The molecule has 0 aliphatic carbocycles. The number of halogens is 2. The van der Waals surface area contributed by atoms with E-state index in [-0.39, 0.29) is 0 Å². The Morgan fingerprint density at radius 2 is 1.22 bits per heavy atom. The van der Waals surface area contributed by atoms with Gasteiger partial charge in [-0.15, -0.1) is 0 Å². The van der Waals surface area contributed by atoms with Crippen molar-refractivity contribution in [2.24, 2.45) is 0 Å². The van der Waals surface area contributed by atoms with Gasteiger partial charge in [-0.05, 0) is 88.9 Å². The summed E-state index contributed by atoms with van der Waals surface area (Å²) in [6, 6.07) is 11.9. The summed E-state index contributed by atoms with van der Waals surface area (Å²) in [4.78, 5) is 0. The number of hydrogen-bond acceptors (Lipinski definition) is 2. The zero-order valence-corrected chi connectivity index (χ0v) is 14.7. The van der Waals surface area contributed by atoms with E-state index in [9.17, 15) is 0 Å². The minimum absolute atomic E-state index is 0.829. The first kappa shape index (κ1) is 15.6. The molecule has 0 radical (unpaired) electrons. The van der Waals surface area contributed by atoms with E-state index in [1.807, 2.05) is 31.2 Å². The van der Waals surface area contributed by atoms with Crippen LogP contribution in [-0.4, -0.2) is 0 Å². The highest BCUT2D eigenvalue weighted by Crippen LogP contribution is 2.22. The fraction of sp³-hybridized carbons (Fsp3) is 0.143. The zero-order chi connectivity index (χ0) is 13.7. The summed E-state index contributed by atoms with van der Waals surface area (Å²) in [6.07, 6.45) is 0. The second kappa shape index (κ2) is 7.18. The smallest absolute Gasteiger partial charge is 0.0585 e. The highest BCUT2D eigenvalue weighted by Gasteiger charge is 1.99. The van der Waals surface area contributed by atoms with Crippen LogP contribution in [0.15, 0.2) is 36.4 Å². The Bertz CT molecular complexity index is 478. The predicted molar refractivity (Wildman–Crippen MR) is 96.6 cm³/mol. The lowest BCUT2D eigenvalue weighted by atomic mass is 10.2. The lowest BCUT2D eigenvalue weighted by Gasteiger charge is -2.01. The molecule has 0 saturated heterocycles. The van der Waals surface area contributed by atoms with Gasteiger partial charge in [-0.1, -0.05) is 17.7 Å². The van der Waals surface area contributed by atoms with E-state index in [0.717, 1.165) is 18.5 Å². The molecule has 0 amide bonds. The van der Waals surface area contributed by atoms with Crippen LogP contribution in [0, 0.1) is 21.0 Å². The lowest BCUT2D eigenvalue weighted by molar-refractivity contribution is 1.43. The van der Waals surface area contributed by atoms with Gasteiger partial charge in [0.15, 0.2) is 0 Å². The zero-order valence-electron chi connectivity index (χ0n) is 10.4. The SMILES string of the molecule is Cc1cc(I)c(N)c(I)c1.Cc1ccc(N)cc1. The third-order valence-electron chi connectivity index (χ3n) is 2.30. The van der Waals surface area contributed by atoms with Gasteiger partial charge in [-0.2, -0.15) is 0 Å². The molecule has 0 heterocycles. The maximum absolute atomic E-state index is 5.74. The first-order valence-corrected chi connectivity index (χ1v) is 7.59. The van der Waals surface area contributed by atoms with Crippen LogP contribution in [0.25, 0.3) is 0 Å². The fourth-order valence-electron chi connectivity index (χ4n) is 1.28. The second-order valence-electron chi connectivity index (χ2n) is 4.05. The number of aryl methyl sites for hydroxylation is 2. The number of anilines is 2. The Kier molecular flexibility index (Phi) is 6.20. The maximum Gasteiger partial charge on any atom is 0.0585 e. The molecule has 0 aliphatic heterocycles. The molecule has 0 aliphatic rings.